The number of carbonyl (C=O) groups excluding carboxylic acids is 1. The molecule has 0 fully saturated rings. The van der Waals surface area contributed by atoms with Crippen molar-refractivity contribution in [1.29, 1.82) is 0 Å². The fourth-order valence-electron chi connectivity index (χ4n) is 4.86. The summed E-state index contributed by atoms with van der Waals surface area (Å²) in [6.45, 7) is 14.6. The summed E-state index contributed by atoms with van der Waals surface area (Å²) in [7, 11) is 0. The second kappa shape index (κ2) is 9.42. The van der Waals surface area contributed by atoms with E-state index in [1.165, 1.54) is 5.56 Å². The molecule has 176 valence electrons. The lowest BCUT2D eigenvalue weighted by Crippen LogP contribution is -2.36. The first-order valence-corrected chi connectivity index (χ1v) is 11.7. The van der Waals surface area contributed by atoms with Crippen LogP contribution < -0.4 is 11.1 Å². The summed E-state index contributed by atoms with van der Waals surface area (Å²) in [6, 6.07) is 14.4. The van der Waals surface area contributed by atoms with Crippen LogP contribution in [0.4, 0.5) is 5.82 Å². The molecule has 3 rings (SSSR count). The lowest BCUT2D eigenvalue weighted by Gasteiger charge is -2.34. The molecule has 0 aliphatic heterocycles. The van der Waals surface area contributed by atoms with E-state index in [1.807, 2.05) is 24.4 Å². The molecule has 3 aromatic rings. The van der Waals surface area contributed by atoms with Gasteiger partial charge in [-0.05, 0) is 75.6 Å². The van der Waals surface area contributed by atoms with E-state index < -0.39 is 0 Å². The highest BCUT2D eigenvalue weighted by molar-refractivity contribution is 6.20. The summed E-state index contributed by atoms with van der Waals surface area (Å²) in [6.07, 6.45) is 4.73. The Hall–Kier alpha value is -3.08. The molecule has 0 radical (unpaired) electrons. The summed E-state index contributed by atoms with van der Waals surface area (Å²) >= 11 is 0. The quantitative estimate of drug-likeness (QED) is 0.415. The molecule has 5 nitrogen and oxygen atoms in total. The van der Waals surface area contributed by atoms with Gasteiger partial charge in [0.2, 0.25) is 0 Å². The first kappa shape index (κ1) is 24.6. The number of anilines is 1. The van der Waals surface area contributed by atoms with E-state index in [0.29, 0.717) is 11.3 Å². The van der Waals surface area contributed by atoms with Crippen molar-refractivity contribution in [1.82, 2.24) is 9.38 Å². The number of fused-ring (bicyclic) bond motifs is 1. The fourth-order valence-corrected chi connectivity index (χ4v) is 4.86. The van der Waals surface area contributed by atoms with Gasteiger partial charge in [-0.3, -0.25) is 9.20 Å². The number of nitrogens with zero attached hydrogens (tertiary/aromatic N) is 2. The number of aryl methyl sites for hydroxylation is 2. The normalized spacial score (nSPS) is 13.2. The maximum atomic E-state index is 12.2. The fraction of sp³-hybridized carbons (Fsp3) is 0.429. The average Bonchev–Trinajstić information content (AvgIpc) is 3.01. The minimum atomic E-state index is -0.118. The molecule has 0 atom stereocenters. The topological polar surface area (TPSA) is 72.4 Å². The molecule has 0 bridgehead atoms. The number of pyridine rings is 1. The minimum Gasteiger partial charge on any atom is -0.402 e. The third kappa shape index (κ3) is 6.25. The van der Waals surface area contributed by atoms with Crippen molar-refractivity contribution in [3.8, 4) is 0 Å². The smallest absolute Gasteiger partial charge is 0.162 e. The van der Waals surface area contributed by atoms with Crippen LogP contribution in [0, 0.1) is 5.41 Å². The van der Waals surface area contributed by atoms with Gasteiger partial charge in [0.1, 0.15) is 11.5 Å². The predicted octanol–water partition coefficient (Wildman–Crippen LogP) is 6.02. The van der Waals surface area contributed by atoms with Gasteiger partial charge in [-0.2, -0.15) is 0 Å². The van der Waals surface area contributed by atoms with Crippen LogP contribution in [0.3, 0.4) is 0 Å². The summed E-state index contributed by atoms with van der Waals surface area (Å²) in [5, 5.41) is 3.79. The molecule has 2 heterocycles. The van der Waals surface area contributed by atoms with Crippen LogP contribution in [0.2, 0.25) is 0 Å². The van der Waals surface area contributed by atoms with Gasteiger partial charge in [0, 0.05) is 23.0 Å². The number of benzene rings is 1. The van der Waals surface area contributed by atoms with Crippen LogP contribution in [-0.4, -0.2) is 20.7 Å². The second-order valence-electron chi connectivity index (χ2n) is 10.9. The number of rotatable bonds is 8. The van der Waals surface area contributed by atoms with E-state index in [2.05, 4.69) is 68.6 Å². The van der Waals surface area contributed by atoms with Crippen LogP contribution in [0.1, 0.15) is 71.7 Å². The zero-order valence-corrected chi connectivity index (χ0v) is 21.1. The van der Waals surface area contributed by atoms with Gasteiger partial charge in [0.15, 0.2) is 5.78 Å². The molecule has 0 unspecified atom stereocenters. The maximum Gasteiger partial charge on any atom is 0.162 e. The van der Waals surface area contributed by atoms with Gasteiger partial charge in [0.25, 0.3) is 0 Å². The van der Waals surface area contributed by atoms with Crippen LogP contribution in [-0.2, 0) is 17.6 Å². The Morgan fingerprint density at radius 2 is 1.70 bits per heavy atom. The summed E-state index contributed by atoms with van der Waals surface area (Å²) < 4.78 is 2.10. The van der Waals surface area contributed by atoms with Crippen LogP contribution in [0.25, 0.3) is 11.2 Å². The van der Waals surface area contributed by atoms with Gasteiger partial charge in [0.05, 0.1) is 5.69 Å². The largest absolute Gasteiger partial charge is 0.402 e. The number of carbonyl (C=O) groups is 1. The number of nitrogens with two attached hydrogens (primary N) is 1. The molecule has 5 heteroatoms. The molecule has 0 saturated carbocycles. The van der Waals surface area contributed by atoms with Crippen LogP contribution in [0.15, 0.2) is 54.4 Å². The third-order valence-corrected chi connectivity index (χ3v) is 5.66. The van der Waals surface area contributed by atoms with Crippen LogP contribution in [0.5, 0.6) is 0 Å². The Kier molecular flexibility index (Phi) is 7.01. The number of imidazole rings is 1. The van der Waals surface area contributed by atoms with Crippen molar-refractivity contribution in [2.24, 2.45) is 11.1 Å². The van der Waals surface area contributed by atoms with Crippen molar-refractivity contribution in [2.75, 3.05) is 5.32 Å². The van der Waals surface area contributed by atoms with E-state index in [4.69, 9.17) is 10.7 Å². The predicted molar refractivity (Wildman–Crippen MR) is 138 cm³/mol. The van der Waals surface area contributed by atoms with Gasteiger partial charge >= 0.3 is 0 Å². The Morgan fingerprint density at radius 1 is 1.03 bits per heavy atom. The minimum absolute atomic E-state index is 0.0418. The van der Waals surface area contributed by atoms with Gasteiger partial charge in [-0.25, -0.2) is 4.98 Å². The number of allylic oxidation sites excluding steroid dienone is 2. The maximum absolute atomic E-state index is 12.2. The Balaban J connectivity index is 2.06. The molecule has 2 aromatic heterocycles. The average molecular weight is 447 g/mol. The monoisotopic (exact) mass is 446 g/mol. The number of aromatic nitrogens is 2. The van der Waals surface area contributed by atoms with Gasteiger partial charge < -0.3 is 11.1 Å². The van der Waals surface area contributed by atoms with Crippen LogP contribution >= 0.6 is 0 Å². The molecular formula is C28H38N4O. The molecular weight excluding hydrogens is 408 g/mol. The van der Waals surface area contributed by atoms with Crippen molar-refractivity contribution >= 4 is 22.8 Å². The zero-order chi connectivity index (χ0) is 24.4. The standard InChI is InChI=1S/C28H38N4O/c1-19(29)25(20(2)33)22-15-16-32-24(17-22)30-23(14-13-21-11-9-8-10-12-21)26(32)31-28(6,7)18-27(3,4)5/h8-12,15-17,31H,13-14,18,29H2,1-7H3. The molecule has 0 saturated heterocycles. The lowest BCUT2D eigenvalue weighted by molar-refractivity contribution is -0.111. The van der Waals surface area contributed by atoms with E-state index in [-0.39, 0.29) is 16.7 Å². The van der Waals surface area contributed by atoms with Crippen molar-refractivity contribution in [3.63, 3.8) is 0 Å². The number of ketones is 1. The Morgan fingerprint density at radius 3 is 2.27 bits per heavy atom. The molecule has 0 amide bonds. The Bertz CT molecular complexity index is 1160. The lowest BCUT2D eigenvalue weighted by atomic mass is 9.82. The Labute approximate surface area is 198 Å². The zero-order valence-electron chi connectivity index (χ0n) is 21.1. The second-order valence-corrected chi connectivity index (χ2v) is 10.9. The van der Waals surface area contributed by atoms with E-state index in [0.717, 1.165) is 42.0 Å². The molecule has 0 aliphatic rings. The van der Waals surface area contributed by atoms with Gasteiger partial charge in [-0.1, -0.05) is 51.1 Å². The molecule has 33 heavy (non-hydrogen) atoms. The number of hydrogen-bond donors (Lipinski definition) is 2. The summed E-state index contributed by atoms with van der Waals surface area (Å²) in [5.74, 6) is 0.972. The highest BCUT2D eigenvalue weighted by Crippen LogP contribution is 2.32. The summed E-state index contributed by atoms with van der Waals surface area (Å²) in [5.41, 5.74) is 11.1. The first-order chi connectivity index (χ1) is 15.4. The molecule has 0 aliphatic carbocycles. The van der Waals surface area contributed by atoms with Crippen molar-refractivity contribution < 1.29 is 4.79 Å². The first-order valence-electron chi connectivity index (χ1n) is 11.7. The third-order valence-electron chi connectivity index (χ3n) is 5.66. The van der Waals surface area contributed by atoms with Crippen molar-refractivity contribution in [3.05, 3.63) is 71.2 Å². The highest BCUT2D eigenvalue weighted by atomic mass is 16.1. The summed E-state index contributed by atoms with van der Waals surface area (Å²) in [4.78, 5) is 17.2. The van der Waals surface area contributed by atoms with E-state index >= 15 is 0 Å². The number of Topliss-reactive ketones (excluding diaryl/α,β-unsaturated/α-hetero) is 1. The SMILES string of the molecule is CC(=O)C(=C(C)N)c1ccn2c(NC(C)(C)CC(C)(C)C)c(CCc3ccccc3)nc2c1. The number of nitrogens with one attached hydrogen (secondary N) is 1. The van der Waals surface area contributed by atoms with Gasteiger partial charge in [-0.15, -0.1) is 0 Å². The highest BCUT2D eigenvalue weighted by Gasteiger charge is 2.28. The van der Waals surface area contributed by atoms with E-state index in [9.17, 15) is 4.79 Å². The molecule has 1 aromatic carbocycles. The molecule has 0 spiro atoms. The number of hydrogen-bond acceptors (Lipinski definition) is 4. The molecule has 3 N–H and O–H groups in total. The van der Waals surface area contributed by atoms with E-state index in [1.54, 1.807) is 13.8 Å². The van der Waals surface area contributed by atoms with Crippen molar-refractivity contribution in [2.45, 2.75) is 73.3 Å².